The van der Waals surface area contributed by atoms with Crippen molar-refractivity contribution in [2.45, 2.75) is 32.4 Å². The maximum Gasteiger partial charge on any atom is 0.233 e. The van der Waals surface area contributed by atoms with Crippen LogP contribution in [0.4, 0.5) is 0 Å². The summed E-state index contributed by atoms with van der Waals surface area (Å²) < 4.78 is 6.17. The van der Waals surface area contributed by atoms with Crippen molar-refractivity contribution in [2.24, 2.45) is 4.99 Å². The number of carbonyl (C=O) groups excluding carboxylic acids is 1. The van der Waals surface area contributed by atoms with Crippen LogP contribution in [0.3, 0.4) is 0 Å². The van der Waals surface area contributed by atoms with E-state index < -0.39 is 0 Å². The highest BCUT2D eigenvalue weighted by molar-refractivity contribution is 14.0. The molecule has 0 radical (unpaired) electrons. The third-order valence-corrected chi connectivity index (χ3v) is 5.53. The largest absolute Gasteiger partial charge is 0.457 e. The van der Waals surface area contributed by atoms with Gasteiger partial charge in [0.2, 0.25) is 5.91 Å². The van der Waals surface area contributed by atoms with Crippen molar-refractivity contribution in [3.8, 4) is 11.5 Å². The molecule has 1 heterocycles. The first-order valence-corrected chi connectivity index (χ1v) is 10.8. The second-order valence-electron chi connectivity index (χ2n) is 7.77. The molecule has 7 nitrogen and oxygen atoms in total. The minimum absolute atomic E-state index is 0. The smallest absolute Gasteiger partial charge is 0.233 e. The van der Waals surface area contributed by atoms with Gasteiger partial charge in [-0.05, 0) is 37.5 Å². The van der Waals surface area contributed by atoms with Gasteiger partial charge in [0, 0.05) is 45.3 Å². The maximum atomic E-state index is 11.6. The Hall–Kier alpha value is -2.33. The van der Waals surface area contributed by atoms with Gasteiger partial charge in [-0.15, -0.1) is 24.0 Å². The number of ether oxygens (including phenoxy) is 1. The van der Waals surface area contributed by atoms with Crippen molar-refractivity contribution in [3.05, 3.63) is 59.7 Å². The third-order valence-electron chi connectivity index (χ3n) is 5.53. The molecule has 2 aromatic carbocycles. The minimum atomic E-state index is 0. The number of amides is 1. The minimum Gasteiger partial charge on any atom is -0.457 e. The normalized spacial score (nSPS) is 14.9. The number of rotatable bonds is 7. The number of aryl methyl sites for hydroxylation is 1. The van der Waals surface area contributed by atoms with E-state index in [0.29, 0.717) is 19.1 Å². The van der Waals surface area contributed by atoms with E-state index >= 15 is 0 Å². The third kappa shape index (κ3) is 7.67. The number of nitrogens with one attached hydrogen (secondary N) is 3. The van der Waals surface area contributed by atoms with Gasteiger partial charge >= 0.3 is 0 Å². The number of halogens is 1. The molecule has 1 amide bonds. The summed E-state index contributed by atoms with van der Waals surface area (Å²) in [5.74, 6) is 2.54. The molecule has 2 aromatic rings. The van der Waals surface area contributed by atoms with Gasteiger partial charge in [0.15, 0.2) is 5.96 Å². The van der Waals surface area contributed by atoms with Gasteiger partial charge in [-0.2, -0.15) is 0 Å². The summed E-state index contributed by atoms with van der Waals surface area (Å²) in [5, 5.41) is 9.60. The summed E-state index contributed by atoms with van der Waals surface area (Å²) in [5.41, 5.74) is 2.17. The molecule has 174 valence electrons. The van der Waals surface area contributed by atoms with Gasteiger partial charge in [0.05, 0.1) is 6.54 Å². The molecular formula is C24H34IN5O2. The van der Waals surface area contributed by atoms with Crippen molar-refractivity contribution in [3.63, 3.8) is 0 Å². The van der Waals surface area contributed by atoms with Crippen LogP contribution in [0.25, 0.3) is 0 Å². The van der Waals surface area contributed by atoms with Gasteiger partial charge < -0.3 is 20.7 Å². The van der Waals surface area contributed by atoms with Crippen LogP contribution in [0.5, 0.6) is 11.5 Å². The van der Waals surface area contributed by atoms with Crippen LogP contribution in [0.2, 0.25) is 0 Å². The summed E-state index contributed by atoms with van der Waals surface area (Å²) in [4.78, 5) is 18.1. The standard InChI is InChI=1S/C24H33N5O2.HI/c1-18-8-4-6-10-21(18)31-22-11-7-5-9-19(22)16-27-24(26-3)28-20-12-14-29(15-13-20)17-23(30)25-2;/h4-11,20H,12-17H2,1-3H3,(H,25,30)(H2,26,27,28);1H. The fraction of sp³-hybridized carbons (Fsp3) is 0.417. The van der Waals surface area contributed by atoms with Gasteiger partial charge in [-0.25, -0.2) is 0 Å². The molecule has 32 heavy (non-hydrogen) atoms. The van der Waals surface area contributed by atoms with Crippen molar-refractivity contribution >= 4 is 35.8 Å². The zero-order valence-electron chi connectivity index (χ0n) is 19.1. The molecule has 3 N–H and O–H groups in total. The summed E-state index contributed by atoms with van der Waals surface area (Å²) in [6.07, 6.45) is 1.95. The topological polar surface area (TPSA) is 78.0 Å². The number of likely N-dealkylation sites (tertiary alicyclic amines) is 1. The van der Waals surface area contributed by atoms with Crippen LogP contribution in [-0.4, -0.2) is 56.5 Å². The Kier molecular flexibility index (Phi) is 10.8. The molecule has 1 aliphatic heterocycles. The average Bonchev–Trinajstić information content (AvgIpc) is 2.80. The van der Waals surface area contributed by atoms with E-state index in [1.165, 1.54) is 0 Å². The quantitative estimate of drug-likeness (QED) is 0.280. The highest BCUT2D eigenvalue weighted by atomic mass is 127. The zero-order valence-corrected chi connectivity index (χ0v) is 21.4. The monoisotopic (exact) mass is 551 g/mol. The molecule has 0 spiro atoms. The molecular weight excluding hydrogens is 517 g/mol. The van der Waals surface area contributed by atoms with Gasteiger partial charge in [-0.3, -0.25) is 14.7 Å². The Balaban J connectivity index is 0.00000363. The molecule has 0 bridgehead atoms. The number of guanidine groups is 1. The highest BCUT2D eigenvalue weighted by Gasteiger charge is 2.21. The van der Waals surface area contributed by atoms with Crippen molar-refractivity contribution in [1.29, 1.82) is 0 Å². The highest BCUT2D eigenvalue weighted by Crippen LogP contribution is 2.27. The molecule has 1 saturated heterocycles. The van der Waals surface area contributed by atoms with Crippen molar-refractivity contribution in [2.75, 3.05) is 33.7 Å². The van der Waals surface area contributed by atoms with Crippen LogP contribution in [0.15, 0.2) is 53.5 Å². The molecule has 3 rings (SSSR count). The number of likely N-dealkylation sites (N-methyl/N-ethyl adjacent to an activating group) is 1. The van der Waals surface area contributed by atoms with E-state index in [1.807, 2.05) is 49.4 Å². The molecule has 0 aromatic heterocycles. The van der Waals surface area contributed by atoms with Crippen LogP contribution in [0, 0.1) is 6.92 Å². The van der Waals surface area contributed by atoms with Crippen LogP contribution < -0.4 is 20.7 Å². The second-order valence-corrected chi connectivity index (χ2v) is 7.77. The SMILES string of the molecule is CN=C(NCc1ccccc1Oc1ccccc1C)NC1CCN(CC(=O)NC)CC1.I. The lowest BCUT2D eigenvalue weighted by atomic mass is 10.1. The predicted molar refractivity (Wildman–Crippen MR) is 140 cm³/mol. The van der Waals surface area contributed by atoms with Crippen LogP contribution in [0.1, 0.15) is 24.0 Å². The lowest BCUT2D eigenvalue weighted by molar-refractivity contribution is -0.122. The van der Waals surface area contributed by atoms with Gasteiger partial charge in [0.1, 0.15) is 11.5 Å². The number of hydrogen-bond donors (Lipinski definition) is 3. The molecule has 0 saturated carbocycles. The Bertz CT molecular complexity index is 897. The summed E-state index contributed by atoms with van der Waals surface area (Å²) in [6.45, 7) is 4.91. The predicted octanol–water partition coefficient (Wildman–Crippen LogP) is 3.28. The number of aliphatic imine (C=N–C) groups is 1. The number of piperidine rings is 1. The summed E-state index contributed by atoms with van der Waals surface area (Å²) >= 11 is 0. The summed E-state index contributed by atoms with van der Waals surface area (Å²) in [6, 6.07) is 16.4. The Morgan fingerprint density at radius 2 is 1.75 bits per heavy atom. The average molecular weight is 551 g/mol. The van der Waals surface area contributed by atoms with Gasteiger partial charge in [-0.1, -0.05) is 36.4 Å². The first kappa shape index (κ1) is 25.9. The fourth-order valence-electron chi connectivity index (χ4n) is 3.62. The molecule has 8 heteroatoms. The van der Waals surface area contributed by atoms with Crippen LogP contribution in [-0.2, 0) is 11.3 Å². The number of para-hydroxylation sites is 2. The first-order valence-electron chi connectivity index (χ1n) is 10.8. The lowest BCUT2D eigenvalue weighted by Crippen LogP contribution is -2.49. The second kappa shape index (κ2) is 13.3. The van der Waals surface area contributed by atoms with Crippen molar-refractivity contribution < 1.29 is 9.53 Å². The summed E-state index contributed by atoms with van der Waals surface area (Å²) in [7, 11) is 3.46. The number of nitrogens with zero attached hydrogens (tertiary/aromatic N) is 2. The maximum absolute atomic E-state index is 11.6. The van der Waals surface area contributed by atoms with E-state index in [-0.39, 0.29) is 29.9 Å². The molecule has 1 aliphatic rings. The number of carbonyl (C=O) groups is 1. The Labute approximate surface area is 208 Å². The van der Waals surface area contributed by atoms with E-state index in [4.69, 9.17) is 4.74 Å². The van der Waals surface area contributed by atoms with Gasteiger partial charge in [0.25, 0.3) is 0 Å². The molecule has 0 aliphatic carbocycles. The zero-order chi connectivity index (χ0) is 22.1. The van der Waals surface area contributed by atoms with E-state index in [9.17, 15) is 4.79 Å². The van der Waals surface area contributed by atoms with E-state index in [1.54, 1.807) is 14.1 Å². The van der Waals surface area contributed by atoms with Crippen LogP contribution >= 0.6 is 24.0 Å². The number of benzene rings is 2. The number of hydrogen-bond acceptors (Lipinski definition) is 4. The fourth-order valence-corrected chi connectivity index (χ4v) is 3.62. The van der Waals surface area contributed by atoms with E-state index in [0.717, 1.165) is 54.5 Å². The molecule has 1 fully saturated rings. The van der Waals surface area contributed by atoms with E-state index in [2.05, 4.69) is 31.9 Å². The Morgan fingerprint density at radius 1 is 1.09 bits per heavy atom. The molecule has 0 unspecified atom stereocenters. The Morgan fingerprint density at radius 3 is 2.41 bits per heavy atom. The molecule has 0 atom stereocenters. The first-order chi connectivity index (χ1) is 15.1. The lowest BCUT2D eigenvalue weighted by Gasteiger charge is -2.32. The van der Waals surface area contributed by atoms with Crippen molar-refractivity contribution in [1.82, 2.24) is 20.9 Å².